The normalized spacial score (nSPS) is 14.3. The van der Waals surface area contributed by atoms with Gasteiger partial charge in [0, 0.05) is 13.1 Å². The lowest BCUT2D eigenvalue weighted by Gasteiger charge is -2.28. The van der Waals surface area contributed by atoms with E-state index in [1.807, 2.05) is 38.1 Å². The van der Waals surface area contributed by atoms with Gasteiger partial charge in [-0.25, -0.2) is 4.98 Å². The first kappa shape index (κ1) is 18.4. The Morgan fingerprint density at radius 1 is 1.07 bits per heavy atom. The standard InChI is InChI=1S/C23H25N3O2/c1-16-13-21(26-9-11-28-12-10-26)24-17(2)23(16)25-22(27)15-18-7-8-19-5-3-4-6-20(19)14-18/h3-8,13-14H,9-12,15H2,1-2H3,(H,25,27). The number of nitrogens with one attached hydrogen (secondary N) is 1. The summed E-state index contributed by atoms with van der Waals surface area (Å²) >= 11 is 0. The van der Waals surface area contributed by atoms with Crippen molar-refractivity contribution in [3.8, 4) is 0 Å². The van der Waals surface area contributed by atoms with Crippen molar-refractivity contribution in [2.75, 3.05) is 36.5 Å². The van der Waals surface area contributed by atoms with Gasteiger partial charge in [0.15, 0.2) is 0 Å². The van der Waals surface area contributed by atoms with Crippen LogP contribution in [0.1, 0.15) is 16.8 Å². The van der Waals surface area contributed by atoms with Crippen molar-refractivity contribution in [2.45, 2.75) is 20.3 Å². The lowest BCUT2D eigenvalue weighted by Crippen LogP contribution is -2.37. The first-order valence-corrected chi connectivity index (χ1v) is 9.68. The van der Waals surface area contributed by atoms with Gasteiger partial charge in [0.05, 0.1) is 31.0 Å². The molecule has 0 saturated carbocycles. The Morgan fingerprint density at radius 2 is 1.82 bits per heavy atom. The van der Waals surface area contributed by atoms with E-state index < -0.39 is 0 Å². The van der Waals surface area contributed by atoms with Crippen LogP contribution in [0, 0.1) is 13.8 Å². The Balaban J connectivity index is 1.48. The van der Waals surface area contributed by atoms with E-state index in [1.165, 1.54) is 5.39 Å². The van der Waals surface area contributed by atoms with Crippen LogP contribution in [0.5, 0.6) is 0 Å². The fourth-order valence-electron chi connectivity index (χ4n) is 3.67. The van der Waals surface area contributed by atoms with Crippen LogP contribution in [-0.4, -0.2) is 37.2 Å². The van der Waals surface area contributed by atoms with Gasteiger partial charge in [-0.2, -0.15) is 0 Å². The van der Waals surface area contributed by atoms with Gasteiger partial charge in [0.25, 0.3) is 0 Å². The molecule has 0 aliphatic carbocycles. The Bertz CT molecular complexity index is 987. The molecule has 5 heteroatoms. The van der Waals surface area contributed by atoms with Gasteiger partial charge >= 0.3 is 0 Å². The molecular formula is C23H25N3O2. The number of rotatable bonds is 4. The van der Waals surface area contributed by atoms with Crippen molar-refractivity contribution in [3.63, 3.8) is 0 Å². The summed E-state index contributed by atoms with van der Waals surface area (Å²) in [4.78, 5) is 19.6. The van der Waals surface area contributed by atoms with Crippen molar-refractivity contribution in [1.29, 1.82) is 0 Å². The quantitative estimate of drug-likeness (QED) is 0.752. The van der Waals surface area contributed by atoms with Gasteiger partial charge in [-0.3, -0.25) is 4.79 Å². The van der Waals surface area contributed by atoms with E-state index in [4.69, 9.17) is 9.72 Å². The van der Waals surface area contributed by atoms with Crippen LogP contribution in [0.25, 0.3) is 10.8 Å². The van der Waals surface area contributed by atoms with Crippen LogP contribution in [0.3, 0.4) is 0 Å². The number of fused-ring (bicyclic) bond motifs is 1. The van der Waals surface area contributed by atoms with Gasteiger partial charge in [0.1, 0.15) is 5.82 Å². The first-order chi connectivity index (χ1) is 13.6. The predicted octanol–water partition coefficient (Wildman–Crippen LogP) is 3.87. The minimum Gasteiger partial charge on any atom is -0.378 e. The van der Waals surface area contributed by atoms with E-state index >= 15 is 0 Å². The average molecular weight is 375 g/mol. The minimum atomic E-state index is -0.0256. The second-order valence-electron chi connectivity index (χ2n) is 7.26. The third kappa shape index (κ3) is 3.99. The molecule has 1 aliphatic rings. The third-order valence-electron chi connectivity index (χ3n) is 5.16. The topological polar surface area (TPSA) is 54.5 Å². The van der Waals surface area contributed by atoms with Crippen molar-refractivity contribution in [2.24, 2.45) is 0 Å². The minimum absolute atomic E-state index is 0.0256. The highest BCUT2D eigenvalue weighted by Crippen LogP contribution is 2.25. The molecule has 1 aliphatic heterocycles. The molecule has 144 valence electrons. The lowest BCUT2D eigenvalue weighted by molar-refractivity contribution is -0.115. The third-order valence-corrected chi connectivity index (χ3v) is 5.16. The maximum Gasteiger partial charge on any atom is 0.228 e. The Kier molecular flexibility index (Phi) is 5.26. The van der Waals surface area contributed by atoms with E-state index in [0.29, 0.717) is 6.42 Å². The Labute approximate surface area is 165 Å². The summed E-state index contributed by atoms with van der Waals surface area (Å²) in [5, 5.41) is 5.39. The van der Waals surface area contributed by atoms with Crippen LogP contribution in [0.2, 0.25) is 0 Å². The molecule has 2 heterocycles. The van der Waals surface area contributed by atoms with Gasteiger partial charge in [-0.05, 0) is 41.8 Å². The number of hydrogen-bond acceptors (Lipinski definition) is 4. The molecule has 1 fully saturated rings. The number of anilines is 2. The van der Waals surface area contributed by atoms with E-state index in [9.17, 15) is 4.79 Å². The molecule has 0 unspecified atom stereocenters. The zero-order valence-corrected chi connectivity index (χ0v) is 16.4. The molecule has 1 amide bonds. The molecule has 2 aromatic carbocycles. The highest BCUT2D eigenvalue weighted by atomic mass is 16.5. The number of carbonyl (C=O) groups is 1. The van der Waals surface area contributed by atoms with Gasteiger partial charge < -0.3 is 15.0 Å². The number of ether oxygens (including phenoxy) is 1. The predicted molar refractivity (Wildman–Crippen MR) is 113 cm³/mol. The number of morpholine rings is 1. The fourth-order valence-corrected chi connectivity index (χ4v) is 3.67. The summed E-state index contributed by atoms with van der Waals surface area (Å²) < 4.78 is 5.41. The SMILES string of the molecule is Cc1cc(N2CCOCC2)nc(C)c1NC(=O)Cc1ccc2ccccc2c1. The van der Waals surface area contributed by atoms with Crippen molar-refractivity contribution in [1.82, 2.24) is 4.98 Å². The van der Waals surface area contributed by atoms with E-state index in [2.05, 4.69) is 34.5 Å². The van der Waals surface area contributed by atoms with E-state index in [1.54, 1.807) is 0 Å². The zero-order chi connectivity index (χ0) is 19.5. The summed E-state index contributed by atoms with van der Waals surface area (Å²) in [6.07, 6.45) is 0.342. The summed E-state index contributed by atoms with van der Waals surface area (Å²) in [7, 11) is 0. The largest absolute Gasteiger partial charge is 0.378 e. The molecule has 0 radical (unpaired) electrons. The smallest absolute Gasteiger partial charge is 0.228 e. The van der Waals surface area contributed by atoms with Crippen molar-refractivity contribution < 1.29 is 9.53 Å². The first-order valence-electron chi connectivity index (χ1n) is 9.68. The number of hydrogen-bond donors (Lipinski definition) is 1. The number of nitrogens with zero attached hydrogens (tertiary/aromatic N) is 2. The highest BCUT2D eigenvalue weighted by Gasteiger charge is 2.16. The lowest BCUT2D eigenvalue weighted by atomic mass is 10.0. The average Bonchev–Trinajstić information content (AvgIpc) is 2.71. The molecule has 0 spiro atoms. The number of aromatic nitrogens is 1. The number of amides is 1. The number of aryl methyl sites for hydroxylation is 2. The zero-order valence-electron chi connectivity index (χ0n) is 16.4. The number of pyridine rings is 1. The molecule has 0 bridgehead atoms. The van der Waals surface area contributed by atoms with Gasteiger partial charge in [0.2, 0.25) is 5.91 Å². The molecule has 28 heavy (non-hydrogen) atoms. The molecule has 4 rings (SSSR count). The van der Waals surface area contributed by atoms with Crippen LogP contribution < -0.4 is 10.2 Å². The molecule has 5 nitrogen and oxygen atoms in total. The Morgan fingerprint density at radius 3 is 2.57 bits per heavy atom. The van der Waals surface area contributed by atoms with Crippen molar-refractivity contribution in [3.05, 3.63) is 65.4 Å². The van der Waals surface area contributed by atoms with Gasteiger partial charge in [-0.1, -0.05) is 42.5 Å². The van der Waals surface area contributed by atoms with Crippen LogP contribution in [-0.2, 0) is 16.0 Å². The molecule has 1 N–H and O–H groups in total. The molecular weight excluding hydrogens is 350 g/mol. The van der Waals surface area contributed by atoms with Crippen LogP contribution >= 0.6 is 0 Å². The molecule has 1 saturated heterocycles. The molecule has 3 aromatic rings. The summed E-state index contributed by atoms with van der Waals surface area (Å²) in [6.45, 7) is 7.11. The summed E-state index contributed by atoms with van der Waals surface area (Å²) in [6, 6.07) is 16.4. The fraction of sp³-hybridized carbons (Fsp3) is 0.304. The monoisotopic (exact) mass is 375 g/mol. The second-order valence-corrected chi connectivity index (χ2v) is 7.26. The highest BCUT2D eigenvalue weighted by molar-refractivity contribution is 5.94. The number of benzene rings is 2. The van der Waals surface area contributed by atoms with Crippen LogP contribution in [0.15, 0.2) is 48.5 Å². The molecule has 0 atom stereocenters. The second kappa shape index (κ2) is 7.98. The summed E-state index contributed by atoms with van der Waals surface area (Å²) in [5.41, 5.74) is 3.68. The number of carbonyl (C=O) groups excluding carboxylic acids is 1. The van der Waals surface area contributed by atoms with E-state index in [0.717, 1.165) is 60.0 Å². The maximum absolute atomic E-state index is 12.6. The maximum atomic E-state index is 12.6. The van der Waals surface area contributed by atoms with Gasteiger partial charge in [-0.15, -0.1) is 0 Å². The van der Waals surface area contributed by atoms with Crippen molar-refractivity contribution >= 4 is 28.2 Å². The van der Waals surface area contributed by atoms with E-state index in [-0.39, 0.29) is 5.91 Å². The van der Waals surface area contributed by atoms with Crippen LogP contribution in [0.4, 0.5) is 11.5 Å². The Hall–Kier alpha value is -2.92. The molecule has 1 aromatic heterocycles. The summed E-state index contributed by atoms with van der Waals surface area (Å²) in [5.74, 6) is 0.924.